The van der Waals surface area contributed by atoms with Gasteiger partial charge in [-0.3, -0.25) is 4.79 Å². The Morgan fingerprint density at radius 3 is 1.62 bits per heavy atom. The number of carbonyl (C=O) groups is 1. The Balaban J connectivity index is 2.16. The molecule has 34 heavy (non-hydrogen) atoms. The highest BCUT2D eigenvalue weighted by atomic mass is 28.4. The molecule has 1 atom stereocenters. The molecule has 0 amide bonds. The molecule has 0 saturated heterocycles. The highest BCUT2D eigenvalue weighted by molar-refractivity contribution is 7.07. The third-order valence-corrected chi connectivity index (χ3v) is 10.1. The first kappa shape index (κ1) is 25.6. The van der Waals surface area contributed by atoms with Crippen LogP contribution in [-0.2, 0) is 9.22 Å². The number of carbonyl (C=O) groups excluding carboxylic acids is 1. The molecule has 0 N–H and O–H groups in total. The van der Waals surface area contributed by atoms with Gasteiger partial charge in [0.2, 0.25) is 0 Å². The van der Waals surface area contributed by atoms with Crippen molar-refractivity contribution in [1.29, 1.82) is 0 Å². The van der Waals surface area contributed by atoms with Crippen LogP contribution in [0.4, 0.5) is 0 Å². The number of allylic oxidation sites excluding steroid dienone is 3. The van der Waals surface area contributed by atoms with E-state index in [0.717, 1.165) is 28.4 Å². The summed E-state index contributed by atoms with van der Waals surface area (Å²) in [5, 5.41) is 3.41. The normalized spacial score (nSPS) is 12.8. The summed E-state index contributed by atoms with van der Waals surface area (Å²) in [6.45, 7) is 8.26. The summed E-state index contributed by atoms with van der Waals surface area (Å²) in [5.74, 6) is 0.112. The van der Waals surface area contributed by atoms with E-state index in [1.165, 1.54) is 11.1 Å². The molecular weight excluding hydrogens is 432 g/mol. The lowest BCUT2D eigenvalue weighted by atomic mass is 10.1. The van der Waals surface area contributed by atoms with E-state index < -0.39 is 14.4 Å². The maximum atomic E-state index is 13.2. The molecule has 0 aliphatic carbocycles. The zero-order chi connectivity index (χ0) is 24.4. The third-order valence-electron chi connectivity index (χ3n) is 6.04. The summed E-state index contributed by atoms with van der Waals surface area (Å²) < 4.78 is 7.14. The molecule has 3 aromatic rings. The lowest BCUT2D eigenvalue weighted by Crippen LogP contribution is -2.70. The molecule has 1 unspecified atom stereocenters. The maximum Gasteiger partial charge on any atom is 0.289 e. The molecule has 2 nitrogen and oxygen atoms in total. The molecule has 0 fully saturated rings. The Morgan fingerprint density at radius 1 is 0.794 bits per heavy atom. The van der Waals surface area contributed by atoms with Crippen LogP contribution in [0.5, 0.6) is 0 Å². The first-order valence-electron chi connectivity index (χ1n) is 12.1. The van der Waals surface area contributed by atoms with E-state index in [2.05, 4.69) is 106 Å². The Kier molecular flexibility index (Phi) is 9.38. The fourth-order valence-electron chi connectivity index (χ4n) is 4.24. The molecule has 3 rings (SSSR count). The highest BCUT2D eigenvalue weighted by Crippen LogP contribution is 2.17. The predicted octanol–water partition coefficient (Wildman–Crippen LogP) is 5.71. The van der Waals surface area contributed by atoms with Crippen molar-refractivity contribution in [2.75, 3.05) is 0 Å². The maximum absolute atomic E-state index is 13.2. The molecule has 0 aromatic heterocycles. The number of rotatable bonds is 11. The standard InChI is InChI=1S/C31H36O2Si/c1-5-30(32)31(24-26(4)17-15-16-25(2)3)33-34(27-18-9-6-10-19-27,28-20-11-7-12-21-28)29-22-13-8-14-23-29/h6-14,16,18-24,31H,5,15,17H2,1-4H3/b26-24+. The second-order valence-electron chi connectivity index (χ2n) is 8.97. The highest BCUT2D eigenvalue weighted by Gasteiger charge is 2.44. The molecular formula is C31H36O2Si. The van der Waals surface area contributed by atoms with Gasteiger partial charge in [0.1, 0.15) is 6.10 Å². The van der Waals surface area contributed by atoms with Crippen molar-refractivity contribution in [3.05, 3.63) is 114 Å². The summed E-state index contributed by atoms with van der Waals surface area (Å²) in [6.07, 6.45) is 6.02. The fourth-order valence-corrected chi connectivity index (χ4v) is 8.21. The molecule has 0 bridgehead atoms. The number of hydrogen-bond donors (Lipinski definition) is 0. The smallest absolute Gasteiger partial charge is 0.289 e. The average Bonchev–Trinajstić information content (AvgIpc) is 2.87. The second kappa shape index (κ2) is 12.4. The first-order valence-corrected chi connectivity index (χ1v) is 14.1. The molecule has 0 aliphatic heterocycles. The number of benzene rings is 3. The molecule has 176 valence electrons. The van der Waals surface area contributed by atoms with Crippen LogP contribution in [-0.4, -0.2) is 20.2 Å². The van der Waals surface area contributed by atoms with Crippen molar-refractivity contribution >= 4 is 29.7 Å². The minimum atomic E-state index is -2.96. The van der Waals surface area contributed by atoms with Crippen LogP contribution in [0.15, 0.2) is 114 Å². The zero-order valence-corrected chi connectivity index (χ0v) is 21.8. The average molecular weight is 469 g/mol. The Hall–Kier alpha value is -3.01. The lowest BCUT2D eigenvalue weighted by Gasteiger charge is -2.35. The summed E-state index contributed by atoms with van der Waals surface area (Å²) in [7, 11) is -2.96. The molecule has 0 aliphatic rings. The Labute approximate surface area is 206 Å². The topological polar surface area (TPSA) is 26.3 Å². The van der Waals surface area contributed by atoms with Crippen LogP contribution in [0, 0.1) is 0 Å². The van der Waals surface area contributed by atoms with Gasteiger partial charge in [-0.05, 0) is 49.2 Å². The van der Waals surface area contributed by atoms with Crippen LogP contribution in [0.3, 0.4) is 0 Å². The van der Waals surface area contributed by atoms with Crippen molar-refractivity contribution in [1.82, 2.24) is 0 Å². The number of hydrogen-bond acceptors (Lipinski definition) is 2. The summed E-state index contributed by atoms with van der Waals surface area (Å²) in [5.41, 5.74) is 2.50. The van der Waals surface area contributed by atoms with E-state index in [-0.39, 0.29) is 5.78 Å². The molecule has 0 radical (unpaired) electrons. The van der Waals surface area contributed by atoms with Crippen molar-refractivity contribution < 1.29 is 9.22 Å². The summed E-state index contributed by atoms with van der Waals surface area (Å²) >= 11 is 0. The summed E-state index contributed by atoms with van der Waals surface area (Å²) in [6, 6.07) is 31.3. The van der Waals surface area contributed by atoms with E-state index in [9.17, 15) is 4.79 Å². The molecule has 3 heteroatoms. The number of ketones is 1. The minimum Gasteiger partial charge on any atom is -0.390 e. The van der Waals surface area contributed by atoms with Crippen LogP contribution in [0.25, 0.3) is 0 Å². The quantitative estimate of drug-likeness (QED) is 0.205. The van der Waals surface area contributed by atoms with Crippen LogP contribution >= 0.6 is 0 Å². The van der Waals surface area contributed by atoms with Gasteiger partial charge in [-0.15, -0.1) is 0 Å². The van der Waals surface area contributed by atoms with Gasteiger partial charge >= 0.3 is 0 Å². The van der Waals surface area contributed by atoms with Crippen LogP contribution in [0.2, 0.25) is 0 Å². The fraction of sp³-hybridized carbons (Fsp3) is 0.258. The molecule has 0 saturated carbocycles. The van der Waals surface area contributed by atoms with Gasteiger partial charge in [0.05, 0.1) is 0 Å². The van der Waals surface area contributed by atoms with E-state index in [4.69, 9.17) is 4.43 Å². The molecule has 3 aromatic carbocycles. The Bertz CT molecular complexity index is 1000. The van der Waals surface area contributed by atoms with E-state index in [0.29, 0.717) is 6.42 Å². The zero-order valence-electron chi connectivity index (χ0n) is 20.8. The predicted molar refractivity (Wildman–Crippen MR) is 147 cm³/mol. The van der Waals surface area contributed by atoms with E-state index in [1.54, 1.807) is 0 Å². The van der Waals surface area contributed by atoms with Gasteiger partial charge in [0, 0.05) is 6.42 Å². The van der Waals surface area contributed by atoms with E-state index >= 15 is 0 Å². The van der Waals surface area contributed by atoms with Gasteiger partial charge in [-0.1, -0.05) is 121 Å². The SMILES string of the molecule is CCC(=O)C(/C=C(\C)CCC=C(C)C)O[Si](c1ccccc1)(c1ccccc1)c1ccccc1. The monoisotopic (exact) mass is 468 g/mol. The summed E-state index contributed by atoms with van der Waals surface area (Å²) in [4.78, 5) is 13.2. The Morgan fingerprint density at radius 2 is 1.24 bits per heavy atom. The van der Waals surface area contributed by atoms with Crippen molar-refractivity contribution in [2.45, 2.75) is 53.1 Å². The third kappa shape index (κ3) is 6.31. The molecule has 0 heterocycles. The van der Waals surface area contributed by atoms with Gasteiger partial charge < -0.3 is 4.43 Å². The second-order valence-corrected chi connectivity index (χ2v) is 12.3. The number of Topliss-reactive ketones (excluding diaryl/α,β-unsaturated/α-hetero) is 1. The van der Waals surface area contributed by atoms with Gasteiger partial charge in [-0.25, -0.2) is 0 Å². The molecule has 0 spiro atoms. The van der Waals surface area contributed by atoms with Gasteiger partial charge in [0.15, 0.2) is 5.78 Å². The van der Waals surface area contributed by atoms with Gasteiger partial charge in [0.25, 0.3) is 8.32 Å². The van der Waals surface area contributed by atoms with Crippen molar-refractivity contribution in [2.24, 2.45) is 0 Å². The first-order chi connectivity index (χ1) is 16.5. The largest absolute Gasteiger partial charge is 0.390 e. The van der Waals surface area contributed by atoms with E-state index in [1.807, 2.05) is 25.1 Å². The minimum absolute atomic E-state index is 0.112. The van der Waals surface area contributed by atoms with Gasteiger partial charge in [-0.2, -0.15) is 0 Å². The van der Waals surface area contributed by atoms with Crippen LogP contribution < -0.4 is 15.6 Å². The lowest BCUT2D eigenvalue weighted by molar-refractivity contribution is -0.123. The van der Waals surface area contributed by atoms with Crippen LogP contribution in [0.1, 0.15) is 47.0 Å². The van der Waals surface area contributed by atoms with Crippen molar-refractivity contribution in [3.8, 4) is 0 Å². The van der Waals surface area contributed by atoms with Crippen molar-refractivity contribution in [3.63, 3.8) is 0 Å².